The van der Waals surface area contributed by atoms with E-state index in [1.165, 1.54) is 0 Å². The molecule has 5 nitrogen and oxygen atoms in total. The van der Waals surface area contributed by atoms with Crippen LogP contribution in [0.25, 0.3) is 0 Å². The molecule has 7 heteroatoms. The molecule has 0 saturated heterocycles. The standard InChI is InChI=1S/C16H17ClN4O.HI/c17-13-6-8-14(9-7-13)21-15(22)11-20-16(18)19-10-12-4-2-1-3-5-12;/h1-9H,10-11H2,(H,21,22)(H3,18,19,20);1H. The average Bonchev–Trinajstić information content (AvgIpc) is 2.54. The van der Waals surface area contributed by atoms with Crippen molar-refractivity contribution in [3.8, 4) is 0 Å². The number of nitrogens with zero attached hydrogens (tertiary/aromatic N) is 1. The number of carbonyl (C=O) groups is 1. The van der Waals surface area contributed by atoms with Gasteiger partial charge in [-0.05, 0) is 29.8 Å². The normalized spacial score (nSPS) is 10.6. The number of guanidine groups is 1. The van der Waals surface area contributed by atoms with Crippen LogP contribution in [0.15, 0.2) is 59.6 Å². The Morgan fingerprint density at radius 2 is 1.74 bits per heavy atom. The monoisotopic (exact) mass is 444 g/mol. The van der Waals surface area contributed by atoms with Gasteiger partial charge >= 0.3 is 0 Å². The molecule has 4 N–H and O–H groups in total. The lowest BCUT2D eigenvalue weighted by Gasteiger charge is -2.07. The van der Waals surface area contributed by atoms with E-state index < -0.39 is 0 Å². The third-order valence-electron chi connectivity index (χ3n) is 2.83. The van der Waals surface area contributed by atoms with E-state index in [1.807, 2.05) is 30.3 Å². The first-order chi connectivity index (χ1) is 10.6. The van der Waals surface area contributed by atoms with Crippen LogP contribution in [0.3, 0.4) is 0 Å². The van der Waals surface area contributed by atoms with Gasteiger partial charge in [0.2, 0.25) is 5.91 Å². The predicted molar refractivity (Wildman–Crippen MR) is 105 cm³/mol. The molecule has 0 saturated carbocycles. The fourth-order valence-corrected chi connectivity index (χ4v) is 1.85. The summed E-state index contributed by atoms with van der Waals surface area (Å²) in [6, 6.07) is 16.6. The van der Waals surface area contributed by atoms with Crippen LogP contribution in [0, 0.1) is 0 Å². The lowest BCUT2D eigenvalue weighted by Crippen LogP contribution is -2.37. The first-order valence-electron chi connectivity index (χ1n) is 6.76. The van der Waals surface area contributed by atoms with E-state index in [-0.39, 0.29) is 42.4 Å². The molecule has 1 amide bonds. The van der Waals surface area contributed by atoms with E-state index in [0.717, 1.165) is 5.56 Å². The van der Waals surface area contributed by atoms with Gasteiger partial charge in [0.25, 0.3) is 0 Å². The zero-order valence-corrected chi connectivity index (χ0v) is 15.4. The second kappa shape index (κ2) is 10.1. The summed E-state index contributed by atoms with van der Waals surface area (Å²) in [5.41, 5.74) is 7.45. The van der Waals surface area contributed by atoms with E-state index in [9.17, 15) is 4.79 Å². The number of aliphatic imine (C=N–C) groups is 1. The summed E-state index contributed by atoms with van der Waals surface area (Å²) in [5, 5.41) is 6.12. The van der Waals surface area contributed by atoms with Gasteiger partial charge in [-0.3, -0.25) is 4.79 Å². The van der Waals surface area contributed by atoms with Gasteiger partial charge in [-0.2, -0.15) is 0 Å². The number of carbonyl (C=O) groups excluding carboxylic acids is 1. The van der Waals surface area contributed by atoms with Crippen molar-refractivity contribution in [2.75, 3.05) is 11.9 Å². The second-order valence-electron chi connectivity index (χ2n) is 4.60. The number of rotatable bonds is 5. The molecule has 0 aliphatic heterocycles. The van der Waals surface area contributed by atoms with Crippen molar-refractivity contribution >= 4 is 53.1 Å². The molecule has 0 fully saturated rings. The van der Waals surface area contributed by atoms with Gasteiger partial charge < -0.3 is 16.4 Å². The van der Waals surface area contributed by atoms with Crippen LogP contribution in [0.2, 0.25) is 5.02 Å². The highest BCUT2D eigenvalue weighted by atomic mass is 127. The summed E-state index contributed by atoms with van der Waals surface area (Å²) < 4.78 is 0. The van der Waals surface area contributed by atoms with Gasteiger partial charge in [0.1, 0.15) is 0 Å². The molecule has 0 heterocycles. The Labute approximate surface area is 157 Å². The Kier molecular flexibility index (Phi) is 8.42. The smallest absolute Gasteiger partial charge is 0.243 e. The van der Waals surface area contributed by atoms with Crippen molar-refractivity contribution in [3.05, 3.63) is 65.2 Å². The van der Waals surface area contributed by atoms with Gasteiger partial charge in [0.05, 0.1) is 13.1 Å². The largest absolute Gasteiger partial charge is 0.370 e. The number of nitrogens with two attached hydrogens (primary N) is 1. The Morgan fingerprint density at radius 3 is 2.39 bits per heavy atom. The minimum absolute atomic E-state index is 0. The van der Waals surface area contributed by atoms with Crippen molar-refractivity contribution in [1.82, 2.24) is 5.32 Å². The first-order valence-corrected chi connectivity index (χ1v) is 7.14. The van der Waals surface area contributed by atoms with Crippen LogP contribution in [-0.2, 0) is 11.3 Å². The molecule has 0 radical (unpaired) electrons. The molecule has 0 unspecified atom stereocenters. The number of nitrogens with one attached hydrogen (secondary N) is 2. The average molecular weight is 445 g/mol. The topological polar surface area (TPSA) is 79.5 Å². The first kappa shape index (κ1) is 19.2. The Balaban J connectivity index is 0.00000264. The summed E-state index contributed by atoms with van der Waals surface area (Å²) in [6.07, 6.45) is 0. The highest BCUT2D eigenvalue weighted by Crippen LogP contribution is 2.12. The van der Waals surface area contributed by atoms with E-state index >= 15 is 0 Å². The minimum Gasteiger partial charge on any atom is -0.370 e. The van der Waals surface area contributed by atoms with E-state index in [1.54, 1.807) is 24.3 Å². The Morgan fingerprint density at radius 1 is 1.09 bits per heavy atom. The quantitative estimate of drug-likeness (QED) is 0.377. The molecule has 0 bridgehead atoms. The van der Waals surface area contributed by atoms with Gasteiger partial charge in [-0.15, -0.1) is 24.0 Å². The fourth-order valence-electron chi connectivity index (χ4n) is 1.73. The molecule has 2 aromatic carbocycles. The van der Waals surface area contributed by atoms with Crippen LogP contribution in [0.1, 0.15) is 5.56 Å². The molecule has 2 aromatic rings. The summed E-state index contributed by atoms with van der Waals surface area (Å²) >= 11 is 5.78. The lowest BCUT2D eigenvalue weighted by atomic mass is 10.2. The molecular weight excluding hydrogens is 427 g/mol. The van der Waals surface area contributed by atoms with E-state index in [0.29, 0.717) is 17.3 Å². The molecule has 2 rings (SSSR count). The van der Waals surface area contributed by atoms with Crippen LogP contribution in [0.4, 0.5) is 5.69 Å². The van der Waals surface area contributed by atoms with Crippen molar-refractivity contribution in [2.45, 2.75) is 6.54 Å². The Bertz CT molecular complexity index is 647. The third kappa shape index (κ3) is 7.34. The number of hydrogen-bond acceptors (Lipinski definition) is 2. The van der Waals surface area contributed by atoms with Gasteiger partial charge in [0, 0.05) is 10.7 Å². The third-order valence-corrected chi connectivity index (χ3v) is 3.08. The molecule has 0 spiro atoms. The Hall–Kier alpha value is -1.80. The summed E-state index contributed by atoms with van der Waals surface area (Å²) in [4.78, 5) is 15.9. The van der Waals surface area contributed by atoms with Crippen LogP contribution < -0.4 is 16.4 Å². The van der Waals surface area contributed by atoms with E-state index in [4.69, 9.17) is 17.3 Å². The van der Waals surface area contributed by atoms with Gasteiger partial charge in [0.15, 0.2) is 5.96 Å². The van der Waals surface area contributed by atoms with Crippen LogP contribution in [0.5, 0.6) is 0 Å². The molecule has 0 aliphatic carbocycles. The number of hydrogen-bond donors (Lipinski definition) is 3. The second-order valence-corrected chi connectivity index (χ2v) is 5.03. The van der Waals surface area contributed by atoms with Gasteiger partial charge in [-0.1, -0.05) is 41.9 Å². The maximum Gasteiger partial charge on any atom is 0.243 e. The zero-order chi connectivity index (χ0) is 15.8. The molecule has 0 atom stereocenters. The summed E-state index contributed by atoms with van der Waals surface area (Å²) in [5.74, 6) is 0.0234. The van der Waals surface area contributed by atoms with Crippen LogP contribution >= 0.6 is 35.6 Å². The number of benzene rings is 2. The molecule has 0 aromatic heterocycles. The molecule has 122 valence electrons. The van der Waals surface area contributed by atoms with Gasteiger partial charge in [-0.25, -0.2) is 4.99 Å². The highest BCUT2D eigenvalue weighted by Gasteiger charge is 2.02. The van der Waals surface area contributed by atoms with Crippen molar-refractivity contribution < 1.29 is 4.79 Å². The van der Waals surface area contributed by atoms with E-state index in [2.05, 4.69) is 15.6 Å². The maximum absolute atomic E-state index is 11.8. The number of halogens is 2. The maximum atomic E-state index is 11.8. The molecular formula is C16H18ClIN4O. The van der Waals surface area contributed by atoms with Crippen molar-refractivity contribution in [1.29, 1.82) is 0 Å². The summed E-state index contributed by atoms with van der Waals surface area (Å²) in [6.45, 7) is 0.519. The highest BCUT2D eigenvalue weighted by molar-refractivity contribution is 14.0. The lowest BCUT2D eigenvalue weighted by molar-refractivity contribution is -0.115. The summed E-state index contributed by atoms with van der Waals surface area (Å²) in [7, 11) is 0. The SMILES string of the molecule is I.NC(=NCc1ccccc1)NCC(=O)Nc1ccc(Cl)cc1. The number of amides is 1. The minimum atomic E-state index is -0.208. The molecule has 0 aliphatic rings. The number of anilines is 1. The van der Waals surface area contributed by atoms with Crippen molar-refractivity contribution in [2.24, 2.45) is 10.7 Å². The van der Waals surface area contributed by atoms with Crippen molar-refractivity contribution in [3.63, 3.8) is 0 Å². The zero-order valence-electron chi connectivity index (χ0n) is 12.3. The fraction of sp³-hybridized carbons (Fsp3) is 0.125. The van der Waals surface area contributed by atoms with Crippen LogP contribution in [-0.4, -0.2) is 18.4 Å². The molecule has 23 heavy (non-hydrogen) atoms. The predicted octanol–water partition coefficient (Wildman–Crippen LogP) is 3.00.